The van der Waals surface area contributed by atoms with Crippen LogP contribution in [0.1, 0.15) is 0 Å². The van der Waals surface area contributed by atoms with Gasteiger partial charge < -0.3 is 9.32 Å². The normalized spacial score (nSPS) is 11.2. The van der Waals surface area contributed by atoms with Gasteiger partial charge in [0.25, 0.3) is 0 Å². The summed E-state index contributed by atoms with van der Waals surface area (Å²) in [6.45, 7) is 0. The van der Waals surface area contributed by atoms with Crippen molar-refractivity contribution in [3.05, 3.63) is 249 Å². The Labute approximate surface area is 362 Å². The molecule has 0 aliphatic carbocycles. The van der Waals surface area contributed by atoms with Gasteiger partial charge in [0, 0.05) is 27.7 Å². The van der Waals surface area contributed by atoms with Crippen LogP contribution in [-0.4, -0.2) is 0 Å². The van der Waals surface area contributed by atoms with Gasteiger partial charge in [-0.2, -0.15) is 0 Å². The minimum absolute atomic E-state index is 0.895. The predicted molar refractivity (Wildman–Crippen MR) is 261 cm³/mol. The van der Waals surface area contributed by atoms with Crippen molar-refractivity contribution in [3.8, 4) is 66.8 Å². The van der Waals surface area contributed by atoms with Crippen molar-refractivity contribution < 1.29 is 4.42 Å². The number of nitrogens with zero attached hydrogens (tertiary/aromatic N) is 1. The molecular weight excluding hydrogens is 751 g/mol. The summed E-state index contributed by atoms with van der Waals surface area (Å²) in [6, 6.07) is 89.1. The van der Waals surface area contributed by atoms with E-state index in [0.717, 1.165) is 72.4 Å². The average molecular weight is 792 g/mol. The lowest BCUT2D eigenvalue weighted by Gasteiger charge is -2.29. The van der Waals surface area contributed by atoms with Gasteiger partial charge in [-0.1, -0.05) is 194 Å². The fourth-order valence-corrected chi connectivity index (χ4v) is 8.88. The number of benzene rings is 10. The zero-order valence-corrected chi connectivity index (χ0v) is 34.0. The fourth-order valence-electron chi connectivity index (χ4n) is 8.88. The van der Waals surface area contributed by atoms with Gasteiger partial charge in [0.2, 0.25) is 0 Å². The zero-order chi connectivity index (χ0) is 41.2. The maximum Gasteiger partial charge on any atom is 0.136 e. The topological polar surface area (TPSA) is 16.4 Å². The molecular formula is C60H41NO. The Kier molecular flexibility index (Phi) is 9.57. The summed E-state index contributed by atoms with van der Waals surface area (Å²) in [4.78, 5) is 2.40. The SMILES string of the molecule is c1ccc(-c2ccc(N(c3ccc(-c4cccc5oc6ccccc6c45)cc3)c3ccc(-c4ccc(-c5ccccc5)c(-c5ccccc5)c4)cc3-c3ccccc3)cc2)cc1. The van der Waals surface area contributed by atoms with Crippen LogP contribution in [0, 0.1) is 0 Å². The van der Waals surface area contributed by atoms with E-state index in [2.05, 4.69) is 241 Å². The van der Waals surface area contributed by atoms with Crippen molar-refractivity contribution >= 4 is 39.0 Å². The number of hydrogen-bond acceptors (Lipinski definition) is 2. The lowest BCUT2D eigenvalue weighted by Crippen LogP contribution is -2.11. The molecule has 292 valence electrons. The number of para-hydroxylation sites is 1. The number of hydrogen-bond donors (Lipinski definition) is 0. The highest BCUT2D eigenvalue weighted by atomic mass is 16.3. The summed E-state index contributed by atoms with van der Waals surface area (Å²) in [6.07, 6.45) is 0. The Balaban J connectivity index is 1.07. The summed E-state index contributed by atoms with van der Waals surface area (Å²) in [5.41, 5.74) is 19.1. The molecule has 10 aromatic carbocycles. The van der Waals surface area contributed by atoms with Gasteiger partial charge >= 0.3 is 0 Å². The number of furan rings is 1. The van der Waals surface area contributed by atoms with Crippen molar-refractivity contribution in [2.45, 2.75) is 0 Å². The largest absolute Gasteiger partial charge is 0.456 e. The van der Waals surface area contributed by atoms with Crippen LogP contribution >= 0.6 is 0 Å². The molecule has 0 unspecified atom stereocenters. The summed E-state index contributed by atoms with van der Waals surface area (Å²) in [5, 5.41) is 2.26. The third-order valence-electron chi connectivity index (χ3n) is 11.9. The minimum Gasteiger partial charge on any atom is -0.456 e. The highest BCUT2D eigenvalue weighted by molar-refractivity contribution is 6.12. The summed E-state index contributed by atoms with van der Waals surface area (Å²) in [5.74, 6) is 0. The Hall–Kier alpha value is -8.20. The molecule has 11 aromatic rings. The lowest BCUT2D eigenvalue weighted by molar-refractivity contribution is 0.669. The molecule has 0 saturated carbocycles. The number of fused-ring (bicyclic) bond motifs is 3. The fraction of sp³-hybridized carbons (Fsp3) is 0. The Bertz CT molecular complexity index is 3300. The highest BCUT2D eigenvalue weighted by Crippen LogP contribution is 2.45. The highest BCUT2D eigenvalue weighted by Gasteiger charge is 2.20. The second-order valence-electron chi connectivity index (χ2n) is 15.7. The van der Waals surface area contributed by atoms with E-state index in [1.807, 2.05) is 12.1 Å². The Morgan fingerprint density at radius 1 is 0.258 bits per heavy atom. The molecule has 0 bridgehead atoms. The van der Waals surface area contributed by atoms with Gasteiger partial charge in [0.05, 0.1) is 5.69 Å². The Morgan fingerprint density at radius 3 is 1.32 bits per heavy atom. The third kappa shape index (κ3) is 6.94. The molecule has 0 N–H and O–H groups in total. The van der Waals surface area contributed by atoms with E-state index in [1.54, 1.807) is 0 Å². The number of rotatable bonds is 9. The zero-order valence-electron chi connectivity index (χ0n) is 34.0. The van der Waals surface area contributed by atoms with Crippen LogP contribution < -0.4 is 4.90 Å². The molecule has 0 saturated heterocycles. The summed E-state index contributed by atoms with van der Waals surface area (Å²) >= 11 is 0. The van der Waals surface area contributed by atoms with Crippen LogP contribution in [0.3, 0.4) is 0 Å². The first kappa shape index (κ1) is 36.8. The monoisotopic (exact) mass is 791 g/mol. The van der Waals surface area contributed by atoms with E-state index in [0.29, 0.717) is 0 Å². The van der Waals surface area contributed by atoms with E-state index >= 15 is 0 Å². The molecule has 0 amide bonds. The average Bonchev–Trinajstić information content (AvgIpc) is 3.75. The predicted octanol–water partition coefficient (Wildman–Crippen LogP) is 17.1. The van der Waals surface area contributed by atoms with E-state index < -0.39 is 0 Å². The smallest absolute Gasteiger partial charge is 0.136 e. The van der Waals surface area contributed by atoms with Crippen LogP contribution in [0.2, 0.25) is 0 Å². The number of anilines is 3. The molecule has 2 nitrogen and oxygen atoms in total. The van der Waals surface area contributed by atoms with Crippen LogP contribution in [-0.2, 0) is 0 Å². The van der Waals surface area contributed by atoms with Crippen molar-refractivity contribution in [3.63, 3.8) is 0 Å². The van der Waals surface area contributed by atoms with E-state index in [9.17, 15) is 0 Å². The quantitative estimate of drug-likeness (QED) is 0.145. The second-order valence-corrected chi connectivity index (χ2v) is 15.7. The lowest BCUT2D eigenvalue weighted by atomic mass is 9.90. The van der Waals surface area contributed by atoms with Crippen molar-refractivity contribution in [2.75, 3.05) is 4.90 Å². The molecule has 62 heavy (non-hydrogen) atoms. The van der Waals surface area contributed by atoms with Gasteiger partial charge in [0.15, 0.2) is 0 Å². The molecule has 0 fully saturated rings. The molecule has 1 heterocycles. The molecule has 0 aliphatic rings. The minimum atomic E-state index is 0.895. The van der Waals surface area contributed by atoms with E-state index in [-0.39, 0.29) is 0 Å². The first-order valence-corrected chi connectivity index (χ1v) is 21.2. The van der Waals surface area contributed by atoms with Gasteiger partial charge in [-0.25, -0.2) is 0 Å². The molecule has 0 aliphatic heterocycles. The molecule has 0 atom stereocenters. The van der Waals surface area contributed by atoms with Crippen LogP contribution in [0.15, 0.2) is 253 Å². The molecule has 1 aromatic heterocycles. The summed E-state index contributed by atoms with van der Waals surface area (Å²) in [7, 11) is 0. The van der Waals surface area contributed by atoms with Gasteiger partial charge in [-0.3, -0.25) is 0 Å². The third-order valence-corrected chi connectivity index (χ3v) is 11.9. The first-order chi connectivity index (χ1) is 30.7. The first-order valence-electron chi connectivity index (χ1n) is 21.2. The maximum absolute atomic E-state index is 6.28. The van der Waals surface area contributed by atoms with Crippen molar-refractivity contribution in [1.29, 1.82) is 0 Å². The second kappa shape index (κ2) is 16.1. The van der Waals surface area contributed by atoms with Crippen LogP contribution in [0.25, 0.3) is 88.7 Å². The van der Waals surface area contributed by atoms with Gasteiger partial charge in [-0.15, -0.1) is 0 Å². The Morgan fingerprint density at radius 2 is 0.694 bits per heavy atom. The molecule has 0 spiro atoms. The molecule has 0 radical (unpaired) electrons. The summed E-state index contributed by atoms with van der Waals surface area (Å²) < 4.78 is 6.28. The van der Waals surface area contributed by atoms with Crippen molar-refractivity contribution in [1.82, 2.24) is 0 Å². The van der Waals surface area contributed by atoms with Gasteiger partial charge in [0.1, 0.15) is 11.2 Å². The van der Waals surface area contributed by atoms with Crippen molar-refractivity contribution in [2.24, 2.45) is 0 Å². The van der Waals surface area contributed by atoms with Gasteiger partial charge in [-0.05, 0) is 116 Å². The maximum atomic E-state index is 6.28. The van der Waals surface area contributed by atoms with E-state index in [4.69, 9.17) is 4.42 Å². The molecule has 2 heteroatoms. The van der Waals surface area contributed by atoms with E-state index in [1.165, 1.54) is 33.4 Å². The molecule has 11 rings (SSSR count). The van der Waals surface area contributed by atoms with Crippen LogP contribution in [0.5, 0.6) is 0 Å². The standard InChI is InChI=1S/C60H41NO/c1-5-16-42(17-6-1)43-28-34-50(35-29-43)61(51-36-30-47(31-37-51)53-25-15-27-59-60(53)54-24-13-14-26-58(54)62-59)57-39-33-49(41-56(57)46-22-11-4-12-23-46)48-32-38-52(44-18-7-2-8-19-44)55(40-48)45-20-9-3-10-21-45/h1-41H. The van der Waals surface area contributed by atoms with Crippen LogP contribution in [0.4, 0.5) is 17.1 Å².